The second kappa shape index (κ2) is 16.8. The number of likely N-dealkylation sites (tertiary alicyclic amines) is 2. The van der Waals surface area contributed by atoms with E-state index in [1.165, 1.54) is 17.8 Å². The largest absolute Gasteiger partial charge is 0.401 e. The molecule has 3 aromatic carbocycles. The van der Waals surface area contributed by atoms with E-state index in [1.807, 2.05) is 24.0 Å². The fourth-order valence-corrected chi connectivity index (χ4v) is 10.3. The molecule has 0 saturated carbocycles. The number of hydrogen-bond donors (Lipinski definition) is 3. The first-order valence-corrected chi connectivity index (χ1v) is 22.6. The van der Waals surface area contributed by atoms with Gasteiger partial charge in [-0.1, -0.05) is 30.3 Å². The van der Waals surface area contributed by atoms with Gasteiger partial charge >= 0.3 is 6.18 Å². The Kier molecular flexibility index (Phi) is 11.1. The summed E-state index contributed by atoms with van der Waals surface area (Å²) in [7, 11) is 0. The van der Waals surface area contributed by atoms with Crippen molar-refractivity contribution in [3.8, 4) is 16.8 Å². The van der Waals surface area contributed by atoms with Gasteiger partial charge in [0.05, 0.1) is 40.8 Å². The Labute approximate surface area is 388 Å². The fraction of sp³-hybridized carbons (Fsp3) is 0.417. The molecule has 0 bridgehead atoms. The summed E-state index contributed by atoms with van der Waals surface area (Å²) >= 11 is 0. The van der Waals surface area contributed by atoms with Crippen LogP contribution in [0.5, 0.6) is 0 Å². The highest BCUT2D eigenvalue weighted by molar-refractivity contribution is 6.23. The first-order chi connectivity index (χ1) is 32.4. The molecular formula is C48H49F4N11O5. The molecule has 5 aliphatic rings. The molecule has 1 spiro atoms. The first-order valence-electron chi connectivity index (χ1n) is 22.6. The number of aromatic amines is 1. The third-order valence-corrected chi connectivity index (χ3v) is 14.2. The number of piperidine rings is 2. The zero-order valence-corrected chi connectivity index (χ0v) is 37.6. The molecule has 0 aliphatic carbocycles. The van der Waals surface area contributed by atoms with E-state index in [-0.39, 0.29) is 53.0 Å². The Morgan fingerprint density at radius 3 is 2.25 bits per heavy atom. The van der Waals surface area contributed by atoms with Crippen LogP contribution in [0.2, 0.25) is 0 Å². The van der Waals surface area contributed by atoms with E-state index in [9.17, 15) is 37.1 Å². The van der Waals surface area contributed by atoms with Gasteiger partial charge in [-0.15, -0.1) is 0 Å². The Morgan fingerprint density at radius 2 is 1.57 bits per heavy atom. The van der Waals surface area contributed by atoms with Crippen molar-refractivity contribution in [1.29, 1.82) is 0 Å². The number of fused-ring (bicyclic) bond motifs is 1. The van der Waals surface area contributed by atoms with Crippen LogP contribution in [0.4, 0.5) is 23.2 Å². The molecule has 4 fully saturated rings. The van der Waals surface area contributed by atoms with Crippen molar-refractivity contribution in [3.05, 3.63) is 112 Å². The third-order valence-electron chi connectivity index (χ3n) is 14.2. The molecule has 20 heteroatoms. The number of hydrogen-bond acceptors (Lipinski definition) is 11. The molecule has 16 nitrogen and oxygen atoms in total. The molecule has 68 heavy (non-hydrogen) atoms. The summed E-state index contributed by atoms with van der Waals surface area (Å²) in [5.41, 5.74) is 3.66. The molecule has 5 aliphatic heterocycles. The van der Waals surface area contributed by atoms with Crippen LogP contribution >= 0.6 is 0 Å². The Balaban J connectivity index is 0.672. The number of alkyl halides is 3. The predicted molar refractivity (Wildman–Crippen MR) is 238 cm³/mol. The van der Waals surface area contributed by atoms with E-state index in [0.29, 0.717) is 19.1 Å². The van der Waals surface area contributed by atoms with Crippen LogP contribution < -0.4 is 15.5 Å². The normalized spacial score (nSPS) is 20.1. The lowest BCUT2D eigenvalue weighted by molar-refractivity contribution is -0.182. The van der Waals surface area contributed by atoms with Crippen LogP contribution in [-0.2, 0) is 28.1 Å². The fourth-order valence-electron chi connectivity index (χ4n) is 10.3. The molecular weight excluding hydrogens is 887 g/mol. The highest BCUT2D eigenvalue weighted by Crippen LogP contribution is 2.43. The molecule has 1 unspecified atom stereocenters. The van der Waals surface area contributed by atoms with Gasteiger partial charge in [0.15, 0.2) is 5.82 Å². The van der Waals surface area contributed by atoms with Crippen molar-refractivity contribution in [2.24, 2.45) is 5.41 Å². The lowest BCUT2D eigenvalue weighted by Crippen LogP contribution is -2.73. The summed E-state index contributed by atoms with van der Waals surface area (Å²) in [6, 6.07) is 16.4. The summed E-state index contributed by atoms with van der Waals surface area (Å²) in [5, 5.41) is 15.4. The SMILES string of the molecule is Cc1cc(-c2ccc(CN3CC4(C3)CN(C3CCN(c5cc6c(cc5F)C(=O)N(C5CCC(=O)NC5=O)C6=O)CC3)C4)cc2)ccc1-n1cc(C(=O)NCc2nc(C(C)(C)C(F)(F)F)n[nH]2)cn1. The smallest absolute Gasteiger partial charge is 0.369 e. The maximum absolute atomic E-state index is 15.5. The van der Waals surface area contributed by atoms with E-state index < -0.39 is 58.8 Å². The minimum absolute atomic E-state index is 0.0122. The number of imide groups is 2. The van der Waals surface area contributed by atoms with Gasteiger partial charge in [-0.2, -0.15) is 23.4 Å². The van der Waals surface area contributed by atoms with Crippen LogP contribution in [0.15, 0.2) is 67.0 Å². The number of halogens is 4. The molecule has 4 saturated heterocycles. The molecule has 5 aromatic rings. The van der Waals surface area contributed by atoms with Gasteiger partial charge in [0.1, 0.15) is 23.1 Å². The standard InChI is InChI=1S/C48H49F4N11O5/c1-27-16-30(8-9-36(27)62-22-31(19-54-62)41(65)53-20-39-55-45(58-57-39)46(2,3)48(50,51)52)29-6-4-28(5-7-29)21-59-23-47(24-59)25-61(26-47)32-12-14-60(15-13-32)38-18-34-33(17-35(38)49)43(67)63(44(34)68)37-10-11-40(64)56-42(37)66/h4-9,16-19,22,32,37H,10-15,20-21,23-26H2,1-3H3,(H,53,65)(H,55,57,58)(H,56,64,66). The summed E-state index contributed by atoms with van der Waals surface area (Å²) in [6.07, 6.45) is 0.222. The quantitative estimate of drug-likeness (QED) is 0.119. The second-order valence-electron chi connectivity index (χ2n) is 19.3. The number of anilines is 1. The van der Waals surface area contributed by atoms with Crippen LogP contribution in [0.3, 0.4) is 0 Å². The molecule has 10 rings (SSSR count). The minimum atomic E-state index is -4.54. The molecule has 1 atom stereocenters. The number of aromatic nitrogens is 5. The van der Waals surface area contributed by atoms with Crippen LogP contribution in [0, 0.1) is 18.2 Å². The molecule has 0 radical (unpaired) electrons. The van der Waals surface area contributed by atoms with Gasteiger partial charge in [-0.05, 0) is 86.6 Å². The average molecular weight is 936 g/mol. The molecule has 354 valence electrons. The number of amides is 5. The van der Waals surface area contributed by atoms with E-state index in [4.69, 9.17) is 0 Å². The number of benzene rings is 3. The lowest BCUT2D eigenvalue weighted by Gasteiger charge is -2.62. The average Bonchev–Trinajstić information content (AvgIpc) is 4.02. The Hall–Kier alpha value is -6.80. The Morgan fingerprint density at radius 1 is 0.882 bits per heavy atom. The van der Waals surface area contributed by atoms with Crippen LogP contribution in [-0.4, -0.2) is 127 Å². The van der Waals surface area contributed by atoms with Crippen molar-refractivity contribution in [2.75, 3.05) is 44.2 Å². The molecule has 2 aromatic heterocycles. The number of carbonyl (C=O) groups excluding carboxylic acids is 5. The van der Waals surface area contributed by atoms with E-state index in [0.717, 1.165) is 92.8 Å². The molecule has 7 heterocycles. The minimum Gasteiger partial charge on any atom is -0.369 e. The zero-order valence-electron chi connectivity index (χ0n) is 37.6. The molecule has 3 N–H and O–H groups in total. The van der Waals surface area contributed by atoms with Crippen molar-refractivity contribution < 1.29 is 41.5 Å². The third kappa shape index (κ3) is 8.11. The maximum Gasteiger partial charge on any atom is 0.401 e. The number of H-pyrrole nitrogens is 1. The van der Waals surface area contributed by atoms with Crippen molar-refractivity contribution in [3.63, 3.8) is 0 Å². The van der Waals surface area contributed by atoms with Gasteiger partial charge in [0.2, 0.25) is 11.8 Å². The van der Waals surface area contributed by atoms with Crippen molar-refractivity contribution in [2.45, 2.75) is 83.2 Å². The van der Waals surface area contributed by atoms with Crippen molar-refractivity contribution in [1.82, 2.24) is 50.3 Å². The first kappa shape index (κ1) is 45.0. The summed E-state index contributed by atoms with van der Waals surface area (Å²) < 4.78 is 57.3. The van der Waals surface area contributed by atoms with E-state index in [1.54, 1.807) is 10.9 Å². The number of nitrogens with zero attached hydrogens (tertiary/aromatic N) is 8. The summed E-state index contributed by atoms with van der Waals surface area (Å²) in [5.74, 6) is -3.88. The maximum atomic E-state index is 15.5. The van der Waals surface area contributed by atoms with E-state index >= 15 is 4.39 Å². The van der Waals surface area contributed by atoms with Crippen LogP contribution in [0.25, 0.3) is 16.8 Å². The monoisotopic (exact) mass is 935 g/mol. The summed E-state index contributed by atoms with van der Waals surface area (Å²) in [6.45, 7) is 9.99. The summed E-state index contributed by atoms with van der Waals surface area (Å²) in [4.78, 5) is 75.2. The number of aryl methyl sites for hydroxylation is 1. The number of nitrogens with one attached hydrogen (secondary N) is 3. The van der Waals surface area contributed by atoms with Crippen molar-refractivity contribution >= 4 is 35.2 Å². The number of rotatable bonds is 11. The second-order valence-corrected chi connectivity index (χ2v) is 19.3. The Bertz CT molecular complexity index is 2850. The van der Waals surface area contributed by atoms with Gasteiger partial charge < -0.3 is 10.2 Å². The van der Waals surface area contributed by atoms with Crippen LogP contribution in [0.1, 0.15) is 93.4 Å². The topological polar surface area (TPSA) is 182 Å². The molecule has 5 amide bonds. The van der Waals surface area contributed by atoms with Gasteiger partial charge in [-0.3, -0.25) is 49.1 Å². The predicted octanol–water partition coefficient (Wildman–Crippen LogP) is 5.06. The zero-order chi connectivity index (χ0) is 47.9. The van der Waals surface area contributed by atoms with Gasteiger partial charge in [0, 0.05) is 69.9 Å². The van der Waals surface area contributed by atoms with E-state index in [2.05, 4.69) is 71.0 Å². The lowest BCUT2D eigenvalue weighted by atomic mass is 9.71. The van der Waals surface area contributed by atoms with Gasteiger partial charge in [0.25, 0.3) is 17.7 Å². The number of carbonyl (C=O) groups is 5. The van der Waals surface area contributed by atoms with Gasteiger partial charge in [-0.25, -0.2) is 14.1 Å². The highest BCUT2D eigenvalue weighted by Gasteiger charge is 2.54. The highest BCUT2D eigenvalue weighted by atomic mass is 19.4.